The van der Waals surface area contributed by atoms with E-state index in [1.54, 1.807) is 0 Å². The molecule has 17 heavy (non-hydrogen) atoms. The minimum Gasteiger partial charge on any atom is -0.314 e. The van der Waals surface area contributed by atoms with Gasteiger partial charge in [0.2, 0.25) is 0 Å². The molecule has 4 nitrogen and oxygen atoms in total. The molecule has 1 saturated heterocycles. The smallest absolute Gasteiger partial charge is 0.142 e. The van der Waals surface area contributed by atoms with Crippen molar-refractivity contribution in [1.82, 2.24) is 20.2 Å². The third-order valence-electron chi connectivity index (χ3n) is 3.66. The van der Waals surface area contributed by atoms with Gasteiger partial charge in [-0.05, 0) is 12.0 Å². The molecule has 2 heterocycles. The Morgan fingerprint density at radius 3 is 2.94 bits per heavy atom. The van der Waals surface area contributed by atoms with Crippen molar-refractivity contribution in [2.24, 2.45) is 5.92 Å². The standard InChI is InChI=1S/C13H22N4/c1-3-11(2)12-9-14-7-8-17(12)10-13-15-5-4-6-16-13/h4-6,11-12,14H,3,7-10H2,1-2H3. The van der Waals surface area contributed by atoms with Crippen molar-refractivity contribution >= 4 is 0 Å². The van der Waals surface area contributed by atoms with Crippen molar-refractivity contribution in [3.63, 3.8) is 0 Å². The Labute approximate surface area is 103 Å². The topological polar surface area (TPSA) is 41.0 Å². The molecule has 2 rings (SSSR count). The Hall–Kier alpha value is -1.00. The summed E-state index contributed by atoms with van der Waals surface area (Å²) in [7, 11) is 0. The van der Waals surface area contributed by atoms with E-state index in [0.717, 1.165) is 32.0 Å². The summed E-state index contributed by atoms with van der Waals surface area (Å²) in [4.78, 5) is 11.2. The number of hydrogen-bond donors (Lipinski definition) is 1. The van der Waals surface area contributed by atoms with Crippen LogP contribution in [0.4, 0.5) is 0 Å². The monoisotopic (exact) mass is 234 g/mol. The minimum absolute atomic E-state index is 0.609. The van der Waals surface area contributed by atoms with Crippen LogP contribution in [0, 0.1) is 5.92 Å². The average Bonchev–Trinajstić information content (AvgIpc) is 2.40. The summed E-state index contributed by atoms with van der Waals surface area (Å²) in [6.07, 6.45) is 4.87. The SMILES string of the molecule is CCC(C)C1CNCCN1Cc1ncccn1. The highest BCUT2D eigenvalue weighted by molar-refractivity contribution is 4.92. The van der Waals surface area contributed by atoms with Crippen LogP contribution in [0.1, 0.15) is 26.1 Å². The van der Waals surface area contributed by atoms with Crippen LogP contribution in [0.3, 0.4) is 0 Å². The fourth-order valence-corrected chi connectivity index (χ4v) is 2.39. The molecule has 0 saturated carbocycles. The van der Waals surface area contributed by atoms with E-state index in [-0.39, 0.29) is 0 Å². The van der Waals surface area contributed by atoms with Crippen LogP contribution in [-0.2, 0) is 6.54 Å². The average molecular weight is 234 g/mol. The normalized spacial score (nSPS) is 23.5. The highest BCUT2D eigenvalue weighted by atomic mass is 15.2. The largest absolute Gasteiger partial charge is 0.314 e. The molecule has 1 aliphatic heterocycles. The molecule has 94 valence electrons. The molecule has 1 N–H and O–H groups in total. The second-order valence-electron chi connectivity index (χ2n) is 4.79. The summed E-state index contributed by atoms with van der Waals surface area (Å²) < 4.78 is 0. The van der Waals surface area contributed by atoms with Gasteiger partial charge in [-0.2, -0.15) is 0 Å². The summed E-state index contributed by atoms with van der Waals surface area (Å²) in [6.45, 7) is 8.71. The Balaban J connectivity index is 2.01. The predicted octanol–water partition coefficient (Wildman–Crippen LogP) is 1.30. The zero-order valence-electron chi connectivity index (χ0n) is 10.8. The number of piperazine rings is 1. The van der Waals surface area contributed by atoms with Crippen LogP contribution in [0.2, 0.25) is 0 Å². The first-order valence-electron chi connectivity index (χ1n) is 6.52. The van der Waals surface area contributed by atoms with Gasteiger partial charge in [-0.25, -0.2) is 9.97 Å². The first-order valence-corrected chi connectivity index (χ1v) is 6.52. The maximum Gasteiger partial charge on any atom is 0.142 e. The molecule has 4 heteroatoms. The van der Waals surface area contributed by atoms with Crippen molar-refractivity contribution < 1.29 is 0 Å². The van der Waals surface area contributed by atoms with Crippen molar-refractivity contribution in [2.45, 2.75) is 32.9 Å². The van der Waals surface area contributed by atoms with Gasteiger partial charge in [-0.3, -0.25) is 4.90 Å². The molecule has 2 atom stereocenters. The molecule has 0 spiro atoms. The van der Waals surface area contributed by atoms with Gasteiger partial charge in [0.25, 0.3) is 0 Å². The second-order valence-corrected chi connectivity index (χ2v) is 4.79. The lowest BCUT2D eigenvalue weighted by atomic mass is 9.96. The molecule has 1 aromatic rings. The van der Waals surface area contributed by atoms with Crippen LogP contribution in [0.5, 0.6) is 0 Å². The van der Waals surface area contributed by atoms with Gasteiger partial charge in [0.05, 0.1) is 6.54 Å². The molecule has 0 bridgehead atoms. The van der Waals surface area contributed by atoms with Crippen LogP contribution < -0.4 is 5.32 Å². The predicted molar refractivity (Wildman–Crippen MR) is 68.6 cm³/mol. The fraction of sp³-hybridized carbons (Fsp3) is 0.692. The van der Waals surface area contributed by atoms with E-state index in [2.05, 4.69) is 34.0 Å². The van der Waals surface area contributed by atoms with Gasteiger partial charge in [-0.15, -0.1) is 0 Å². The summed E-state index contributed by atoms with van der Waals surface area (Å²) in [5, 5.41) is 3.48. The lowest BCUT2D eigenvalue weighted by molar-refractivity contribution is 0.106. The Kier molecular flexibility index (Phi) is 4.45. The van der Waals surface area contributed by atoms with E-state index >= 15 is 0 Å². The molecule has 0 aromatic carbocycles. The van der Waals surface area contributed by atoms with Gasteiger partial charge in [0, 0.05) is 38.1 Å². The van der Waals surface area contributed by atoms with E-state index in [0.29, 0.717) is 12.0 Å². The van der Waals surface area contributed by atoms with E-state index in [1.165, 1.54) is 6.42 Å². The number of nitrogens with one attached hydrogen (secondary N) is 1. The Morgan fingerprint density at radius 2 is 2.24 bits per heavy atom. The van der Waals surface area contributed by atoms with Crippen LogP contribution in [0.25, 0.3) is 0 Å². The summed E-state index contributed by atoms with van der Waals surface area (Å²) in [6, 6.07) is 2.48. The maximum atomic E-state index is 4.32. The Bertz CT molecular complexity index is 327. The van der Waals surface area contributed by atoms with Gasteiger partial charge < -0.3 is 5.32 Å². The third-order valence-corrected chi connectivity index (χ3v) is 3.66. The molecular formula is C13H22N4. The van der Waals surface area contributed by atoms with E-state index in [4.69, 9.17) is 0 Å². The highest BCUT2D eigenvalue weighted by Gasteiger charge is 2.26. The quantitative estimate of drug-likeness (QED) is 0.852. The van der Waals surface area contributed by atoms with Crippen LogP contribution >= 0.6 is 0 Å². The zero-order valence-corrected chi connectivity index (χ0v) is 10.8. The Morgan fingerprint density at radius 1 is 1.47 bits per heavy atom. The van der Waals surface area contributed by atoms with Gasteiger partial charge in [-0.1, -0.05) is 20.3 Å². The number of rotatable bonds is 4. The van der Waals surface area contributed by atoms with Gasteiger partial charge in [0.1, 0.15) is 5.82 Å². The van der Waals surface area contributed by atoms with Gasteiger partial charge in [0.15, 0.2) is 0 Å². The third kappa shape index (κ3) is 3.23. The number of nitrogens with zero attached hydrogens (tertiary/aromatic N) is 3. The van der Waals surface area contributed by atoms with Crippen molar-refractivity contribution in [3.8, 4) is 0 Å². The van der Waals surface area contributed by atoms with Crippen molar-refractivity contribution in [2.75, 3.05) is 19.6 Å². The molecule has 0 radical (unpaired) electrons. The molecule has 1 aromatic heterocycles. The minimum atomic E-state index is 0.609. The van der Waals surface area contributed by atoms with E-state index < -0.39 is 0 Å². The lowest BCUT2D eigenvalue weighted by Crippen LogP contribution is -2.53. The summed E-state index contributed by atoms with van der Waals surface area (Å²) in [5.41, 5.74) is 0. The number of aromatic nitrogens is 2. The van der Waals surface area contributed by atoms with Gasteiger partial charge >= 0.3 is 0 Å². The maximum absolute atomic E-state index is 4.32. The molecular weight excluding hydrogens is 212 g/mol. The molecule has 1 fully saturated rings. The van der Waals surface area contributed by atoms with E-state index in [9.17, 15) is 0 Å². The molecule has 1 aliphatic rings. The zero-order chi connectivity index (χ0) is 12.1. The second kappa shape index (κ2) is 6.07. The van der Waals surface area contributed by atoms with Crippen molar-refractivity contribution in [1.29, 1.82) is 0 Å². The van der Waals surface area contributed by atoms with Crippen LogP contribution in [0.15, 0.2) is 18.5 Å². The summed E-state index contributed by atoms with van der Waals surface area (Å²) >= 11 is 0. The number of hydrogen-bond acceptors (Lipinski definition) is 4. The lowest BCUT2D eigenvalue weighted by Gasteiger charge is -2.39. The van der Waals surface area contributed by atoms with E-state index in [1.807, 2.05) is 18.5 Å². The first kappa shape index (κ1) is 12.5. The first-order chi connectivity index (χ1) is 8.31. The van der Waals surface area contributed by atoms with Crippen LogP contribution in [-0.4, -0.2) is 40.5 Å². The summed E-state index contributed by atoms with van der Waals surface area (Å²) in [5.74, 6) is 1.65. The fourth-order valence-electron chi connectivity index (χ4n) is 2.39. The van der Waals surface area contributed by atoms with Crippen molar-refractivity contribution in [3.05, 3.63) is 24.3 Å². The molecule has 2 unspecified atom stereocenters. The molecule has 0 amide bonds. The highest BCUT2D eigenvalue weighted by Crippen LogP contribution is 2.17. The molecule has 0 aliphatic carbocycles.